The monoisotopic (exact) mass is 261 g/mol. The van der Waals surface area contributed by atoms with Crippen LogP contribution in [0.25, 0.3) is 11.1 Å². The minimum Gasteiger partial charge on any atom is -0.310 e. The molecule has 0 saturated heterocycles. The van der Waals surface area contributed by atoms with E-state index >= 15 is 0 Å². The summed E-state index contributed by atoms with van der Waals surface area (Å²) >= 11 is 0. The largest absolute Gasteiger partial charge is 0.310 e. The molecule has 0 aliphatic rings. The van der Waals surface area contributed by atoms with Gasteiger partial charge in [-0.2, -0.15) is 0 Å². The van der Waals surface area contributed by atoms with E-state index in [1.165, 1.54) is 6.07 Å². The Kier molecular flexibility index (Phi) is 4.27. The van der Waals surface area contributed by atoms with Gasteiger partial charge in [0.25, 0.3) is 0 Å². The third-order valence-electron chi connectivity index (χ3n) is 2.96. The third kappa shape index (κ3) is 3.18. The van der Waals surface area contributed by atoms with Crippen LogP contribution in [0, 0.1) is 11.6 Å². The van der Waals surface area contributed by atoms with E-state index in [1.807, 2.05) is 38.1 Å². The second-order valence-corrected chi connectivity index (χ2v) is 4.79. The van der Waals surface area contributed by atoms with Gasteiger partial charge in [0.05, 0.1) is 0 Å². The molecule has 0 amide bonds. The average molecular weight is 261 g/mol. The minimum atomic E-state index is -0.816. The Bertz CT molecular complexity index is 564. The van der Waals surface area contributed by atoms with Crippen LogP contribution >= 0.6 is 0 Å². The maximum absolute atomic E-state index is 13.9. The highest BCUT2D eigenvalue weighted by Crippen LogP contribution is 2.27. The van der Waals surface area contributed by atoms with Gasteiger partial charge < -0.3 is 5.32 Å². The molecule has 100 valence electrons. The lowest BCUT2D eigenvalue weighted by Crippen LogP contribution is -2.22. The molecule has 0 bridgehead atoms. The first-order valence-electron chi connectivity index (χ1n) is 6.35. The predicted molar refractivity (Wildman–Crippen MR) is 73.8 cm³/mol. The van der Waals surface area contributed by atoms with E-state index in [-0.39, 0.29) is 0 Å². The van der Waals surface area contributed by atoms with Crippen LogP contribution in [0.5, 0.6) is 0 Å². The molecule has 1 N–H and O–H groups in total. The first-order chi connectivity index (χ1) is 9.09. The summed E-state index contributed by atoms with van der Waals surface area (Å²) in [5.74, 6) is -1.61. The Morgan fingerprint density at radius 1 is 0.947 bits per heavy atom. The second-order valence-electron chi connectivity index (χ2n) is 4.79. The zero-order valence-corrected chi connectivity index (χ0v) is 11.1. The number of benzene rings is 2. The summed E-state index contributed by atoms with van der Waals surface area (Å²) in [5, 5.41) is 3.29. The van der Waals surface area contributed by atoms with E-state index in [1.54, 1.807) is 6.07 Å². The summed E-state index contributed by atoms with van der Waals surface area (Å²) in [5.41, 5.74) is 1.99. The molecule has 19 heavy (non-hydrogen) atoms. The topological polar surface area (TPSA) is 12.0 Å². The third-order valence-corrected chi connectivity index (χ3v) is 2.96. The molecule has 2 aromatic rings. The van der Waals surface area contributed by atoms with Crippen LogP contribution in [0.1, 0.15) is 19.4 Å². The Labute approximate surface area is 112 Å². The number of nitrogens with one attached hydrogen (secondary N) is 1. The van der Waals surface area contributed by atoms with Gasteiger partial charge >= 0.3 is 0 Å². The maximum atomic E-state index is 13.9. The fourth-order valence-corrected chi connectivity index (χ4v) is 1.96. The van der Waals surface area contributed by atoms with Crippen LogP contribution < -0.4 is 5.32 Å². The molecule has 1 nitrogen and oxygen atoms in total. The van der Waals surface area contributed by atoms with Crippen molar-refractivity contribution in [2.75, 3.05) is 0 Å². The fraction of sp³-hybridized carbons (Fsp3) is 0.250. The standard InChI is InChI=1S/C16H17F2N/c1-11(2)19-10-12-6-3-4-7-13(12)14-8-5-9-15(17)16(14)18/h3-9,11,19H,10H2,1-2H3. The molecule has 0 radical (unpaired) electrons. The van der Waals surface area contributed by atoms with Crippen molar-refractivity contribution in [1.29, 1.82) is 0 Å². The first-order valence-corrected chi connectivity index (χ1v) is 6.35. The summed E-state index contributed by atoms with van der Waals surface area (Å²) in [6.45, 7) is 4.72. The van der Waals surface area contributed by atoms with Crippen molar-refractivity contribution in [3.8, 4) is 11.1 Å². The Balaban J connectivity index is 2.41. The summed E-state index contributed by atoms with van der Waals surface area (Å²) in [6, 6.07) is 12.1. The van der Waals surface area contributed by atoms with Gasteiger partial charge in [0.15, 0.2) is 11.6 Å². The average Bonchev–Trinajstić information content (AvgIpc) is 2.40. The summed E-state index contributed by atoms with van der Waals surface area (Å²) < 4.78 is 27.2. The summed E-state index contributed by atoms with van der Waals surface area (Å²) in [6.07, 6.45) is 0. The van der Waals surface area contributed by atoms with Gasteiger partial charge in [0.2, 0.25) is 0 Å². The summed E-state index contributed by atoms with van der Waals surface area (Å²) in [7, 11) is 0. The molecule has 0 fully saturated rings. The molecular formula is C16H17F2N. The lowest BCUT2D eigenvalue weighted by atomic mass is 9.99. The van der Waals surface area contributed by atoms with E-state index in [4.69, 9.17) is 0 Å². The van der Waals surface area contributed by atoms with Crippen molar-refractivity contribution in [3.05, 3.63) is 59.7 Å². The number of halogens is 2. The molecule has 0 aliphatic carbocycles. The van der Waals surface area contributed by atoms with E-state index in [0.717, 1.165) is 17.2 Å². The highest BCUT2D eigenvalue weighted by atomic mass is 19.2. The SMILES string of the molecule is CC(C)NCc1ccccc1-c1cccc(F)c1F. The number of hydrogen-bond donors (Lipinski definition) is 1. The molecule has 2 aromatic carbocycles. The molecule has 2 rings (SSSR count). The molecule has 0 unspecified atom stereocenters. The molecule has 0 aromatic heterocycles. The van der Waals surface area contributed by atoms with E-state index < -0.39 is 11.6 Å². The zero-order valence-electron chi connectivity index (χ0n) is 11.1. The normalized spacial score (nSPS) is 11.0. The second kappa shape index (κ2) is 5.93. The Hall–Kier alpha value is -1.74. The van der Waals surface area contributed by atoms with Crippen molar-refractivity contribution in [1.82, 2.24) is 5.32 Å². The van der Waals surface area contributed by atoms with Gasteiger partial charge in [-0.25, -0.2) is 8.78 Å². The van der Waals surface area contributed by atoms with Gasteiger partial charge in [-0.15, -0.1) is 0 Å². The van der Waals surface area contributed by atoms with Gasteiger partial charge in [0.1, 0.15) is 0 Å². The highest BCUT2D eigenvalue weighted by molar-refractivity contribution is 5.68. The minimum absolute atomic E-state index is 0.307. The first kappa shape index (κ1) is 13.7. The van der Waals surface area contributed by atoms with Crippen molar-refractivity contribution in [2.24, 2.45) is 0 Å². The van der Waals surface area contributed by atoms with Crippen molar-refractivity contribution >= 4 is 0 Å². The molecule has 0 aliphatic heterocycles. The van der Waals surface area contributed by atoms with Crippen LogP contribution in [0.15, 0.2) is 42.5 Å². The Morgan fingerprint density at radius 2 is 1.63 bits per heavy atom. The van der Waals surface area contributed by atoms with E-state index in [2.05, 4.69) is 5.32 Å². The zero-order chi connectivity index (χ0) is 13.8. The number of rotatable bonds is 4. The lowest BCUT2D eigenvalue weighted by molar-refractivity contribution is 0.511. The van der Waals surface area contributed by atoms with Crippen LogP contribution in [0.2, 0.25) is 0 Å². The van der Waals surface area contributed by atoms with Crippen molar-refractivity contribution in [3.63, 3.8) is 0 Å². The molecule has 0 atom stereocenters. The van der Waals surface area contributed by atoms with Crippen LogP contribution in [-0.2, 0) is 6.54 Å². The van der Waals surface area contributed by atoms with Crippen LogP contribution in [0.3, 0.4) is 0 Å². The molecule has 3 heteroatoms. The number of hydrogen-bond acceptors (Lipinski definition) is 1. The van der Waals surface area contributed by atoms with Gasteiger partial charge in [-0.3, -0.25) is 0 Å². The van der Waals surface area contributed by atoms with Gasteiger partial charge in [0, 0.05) is 18.2 Å². The highest BCUT2D eigenvalue weighted by Gasteiger charge is 2.12. The molecule has 0 heterocycles. The Morgan fingerprint density at radius 3 is 2.37 bits per heavy atom. The fourth-order valence-electron chi connectivity index (χ4n) is 1.96. The molecule has 0 spiro atoms. The van der Waals surface area contributed by atoms with Gasteiger partial charge in [-0.1, -0.05) is 50.2 Å². The molecule has 0 saturated carbocycles. The maximum Gasteiger partial charge on any atom is 0.166 e. The summed E-state index contributed by atoms with van der Waals surface area (Å²) in [4.78, 5) is 0. The van der Waals surface area contributed by atoms with E-state index in [9.17, 15) is 8.78 Å². The smallest absolute Gasteiger partial charge is 0.166 e. The van der Waals surface area contributed by atoms with Crippen LogP contribution in [-0.4, -0.2) is 6.04 Å². The van der Waals surface area contributed by atoms with Gasteiger partial charge in [-0.05, 0) is 17.2 Å². The van der Waals surface area contributed by atoms with Crippen molar-refractivity contribution < 1.29 is 8.78 Å². The van der Waals surface area contributed by atoms with E-state index in [0.29, 0.717) is 18.2 Å². The quantitative estimate of drug-likeness (QED) is 0.872. The van der Waals surface area contributed by atoms with Crippen LogP contribution in [0.4, 0.5) is 8.78 Å². The van der Waals surface area contributed by atoms with Crippen molar-refractivity contribution in [2.45, 2.75) is 26.4 Å². The molecular weight excluding hydrogens is 244 g/mol. The predicted octanol–water partition coefficient (Wildman–Crippen LogP) is 4.13. The lowest BCUT2D eigenvalue weighted by Gasteiger charge is -2.13.